The molecule has 0 aromatic heterocycles. The Kier molecular flexibility index (Phi) is 7.08. The molecule has 2 amide bonds. The zero-order valence-electron chi connectivity index (χ0n) is 19.2. The molecule has 1 aliphatic heterocycles. The number of hydrogen-bond donors (Lipinski definition) is 1. The predicted molar refractivity (Wildman–Crippen MR) is 130 cm³/mol. The molecule has 0 unspecified atom stereocenters. The molecule has 4 rings (SSSR count). The van der Waals surface area contributed by atoms with Crippen molar-refractivity contribution in [1.29, 1.82) is 0 Å². The van der Waals surface area contributed by atoms with E-state index in [0.29, 0.717) is 32.5 Å². The Hall–Kier alpha value is -3.60. The SMILES string of the molecule is COc1ccc(CC(=O)N2CCNC(=O)[C@@H](Cc3cccc(-c4ccccc4C)c3)C2)cc1. The van der Waals surface area contributed by atoms with Crippen molar-refractivity contribution in [2.45, 2.75) is 19.8 Å². The third-order valence-electron chi connectivity index (χ3n) is 6.22. The van der Waals surface area contributed by atoms with Crippen LogP contribution < -0.4 is 10.1 Å². The highest BCUT2D eigenvalue weighted by atomic mass is 16.5. The van der Waals surface area contributed by atoms with Gasteiger partial charge in [-0.05, 0) is 53.3 Å². The lowest BCUT2D eigenvalue weighted by molar-refractivity contribution is -0.131. The fraction of sp³-hybridized carbons (Fsp3) is 0.286. The first-order valence-electron chi connectivity index (χ1n) is 11.4. The van der Waals surface area contributed by atoms with Crippen molar-refractivity contribution in [2.24, 2.45) is 5.92 Å². The predicted octanol–water partition coefficient (Wildman–Crippen LogP) is 4.03. The monoisotopic (exact) mass is 442 g/mol. The standard InChI is InChI=1S/C28H30N2O3/c1-20-6-3-4-9-26(20)23-8-5-7-22(16-23)17-24-19-30(15-14-29-28(24)32)27(31)18-21-10-12-25(33-2)13-11-21/h3-13,16,24H,14-15,17-19H2,1-2H3,(H,29,32)/t24-/m0/s1. The fourth-order valence-corrected chi connectivity index (χ4v) is 4.36. The van der Waals surface area contributed by atoms with Crippen molar-refractivity contribution in [1.82, 2.24) is 10.2 Å². The van der Waals surface area contributed by atoms with Gasteiger partial charge in [0.1, 0.15) is 5.75 Å². The Morgan fingerprint density at radius 1 is 1.03 bits per heavy atom. The van der Waals surface area contributed by atoms with Gasteiger partial charge in [-0.2, -0.15) is 0 Å². The Bertz CT molecular complexity index is 1120. The van der Waals surface area contributed by atoms with E-state index in [1.807, 2.05) is 47.4 Å². The maximum absolute atomic E-state index is 13.0. The van der Waals surface area contributed by atoms with Gasteiger partial charge in [0.25, 0.3) is 0 Å². The number of carbonyl (C=O) groups excluding carboxylic acids is 2. The first kappa shape index (κ1) is 22.6. The van der Waals surface area contributed by atoms with E-state index < -0.39 is 0 Å². The zero-order chi connectivity index (χ0) is 23.2. The van der Waals surface area contributed by atoms with Crippen LogP contribution in [0.1, 0.15) is 16.7 Å². The summed E-state index contributed by atoms with van der Waals surface area (Å²) in [6, 6.07) is 24.2. The molecule has 0 spiro atoms. The van der Waals surface area contributed by atoms with Crippen LogP contribution in [0.5, 0.6) is 5.75 Å². The zero-order valence-corrected chi connectivity index (χ0v) is 19.2. The molecule has 0 aliphatic carbocycles. The molecule has 33 heavy (non-hydrogen) atoms. The van der Waals surface area contributed by atoms with Crippen LogP contribution in [0.25, 0.3) is 11.1 Å². The highest BCUT2D eigenvalue weighted by Gasteiger charge is 2.28. The number of nitrogens with one attached hydrogen (secondary N) is 1. The summed E-state index contributed by atoms with van der Waals surface area (Å²) in [5.41, 5.74) is 5.59. The van der Waals surface area contributed by atoms with Crippen LogP contribution in [0.2, 0.25) is 0 Å². The van der Waals surface area contributed by atoms with Crippen LogP contribution in [-0.2, 0) is 22.4 Å². The molecule has 1 saturated heterocycles. The van der Waals surface area contributed by atoms with Gasteiger partial charge in [0, 0.05) is 19.6 Å². The maximum atomic E-state index is 13.0. The number of hydrogen-bond acceptors (Lipinski definition) is 3. The third kappa shape index (κ3) is 5.61. The van der Waals surface area contributed by atoms with Crippen LogP contribution in [0.15, 0.2) is 72.8 Å². The summed E-state index contributed by atoms with van der Waals surface area (Å²) in [5, 5.41) is 2.98. The topological polar surface area (TPSA) is 58.6 Å². The second-order valence-corrected chi connectivity index (χ2v) is 8.57. The van der Waals surface area contributed by atoms with Crippen molar-refractivity contribution >= 4 is 11.8 Å². The first-order valence-corrected chi connectivity index (χ1v) is 11.4. The minimum Gasteiger partial charge on any atom is -0.497 e. The lowest BCUT2D eigenvalue weighted by Gasteiger charge is -2.23. The smallest absolute Gasteiger partial charge is 0.227 e. The van der Waals surface area contributed by atoms with Crippen LogP contribution in [0.4, 0.5) is 0 Å². The van der Waals surface area contributed by atoms with E-state index >= 15 is 0 Å². The van der Waals surface area contributed by atoms with Crippen LogP contribution in [0, 0.1) is 12.8 Å². The summed E-state index contributed by atoms with van der Waals surface area (Å²) in [7, 11) is 1.62. The van der Waals surface area contributed by atoms with Crippen molar-refractivity contribution in [3.8, 4) is 16.9 Å². The molecule has 1 heterocycles. The summed E-state index contributed by atoms with van der Waals surface area (Å²) in [4.78, 5) is 27.6. The number of aryl methyl sites for hydroxylation is 1. The summed E-state index contributed by atoms with van der Waals surface area (Å²) in [6.07, 6.45) is 0.908. The van der Waals surface area contributed by atoms with Gasteiger partial charge in [-0.15, -0.1) is 0 Å². The summed E-state index contributed by atoms with van der Waals surface area (Å²) in [6.45, 7) is 3.54. The second kappa shape index (κ2) is 10.3. The van der Waals surface area contributed by atoms with Crippen LogP contribution in [-0.4, -0.2) is 43.5 Å². The van der Waals surface area contributed by atoms with E-state index in [-0.39, 0.29) is 17.7 Å². The molecule has 1 fully saturated rings. The molecule has 3 aromatic rings. The number of nitrogens with zero attached hydrogens (tertiary/aromatic N) is 1. The lowest BCUT2D eigenvalue weighted by Crippen LogP contribution is -2.38. The van der Waals surface area contributed by atoms with Crippen molar-refractivity contribution in [3.05, 3.63) is 89.5 Å². The molecule has 5 heteroatoms. The van der Waals surface area contributed by atoms with Gasteiger partial charge in [0.2, 0.25) is 11.8 Å². The Morgan fingerprint density at radius 2 is 1.82 bits per heavy atom. The molecule has 0 saturated carbocycles. The Balaban J connectivity index is 1.47. The molecule has 1 aliphatic rings. The quantitative estimate of drug-likeness (QED) is 0.627. The van der Waals surface area contributed by atoms with Gasteiger partial charge in [-0.25, -0.2) is 0 Å². The van der Waals surface area contributed by atoms with Gasteiger partial charge in [0.05, 0.1) is 19.4 Å². The molecular formula is C28H30N2O3. The number of ether oxygens (including phenoxy) is 1. The van der Waals surface area contributed by atoms with E-state index in [0.717, 1.165) is 22.4 Å². The molecule has 1 atom stereocenters. The number of amides is 2. The third-order valence-corrected chi connectivity index (χ3v) is 6.22. The molecule has 1 N–H and O–H groups in total. The molecular weight excluding hydrogens is 412 g/mol. The molecule has 5 nitrogen and oxygen atoms in total. The van der Waals surface area contributed by atoms with E-state index in [1.165, 1.54) is 11.1 Å². The van der Waals surface area contributed by atoms with Crippen LogP contribution in [0.3, 0.4) is 0 Å². The molecule has 3 aromatic carbocycles. The van der Waals surface area contributed by atoms with Gasteiger partial charge >= 0.3 is 0 Å². The highest BCUT2D eigenvalue weighted by molar-refractivity contribution is 5.83. The Labute approximate surface area is 195 Å². The first-order chi connectivity index (χ1) is 16.0. The van der Waals surface area contributed by atoms with Gasteiger partial charge < -0.3 is 15.0 Å². The number of methoxy groups -OCH3 is 1. The van der Waals surface area contributed by atoms with Gasteiger partial charge in [0.15, 0.2) is 0 Å². The second-order valence-electron chi connectivity index (χ2n) is 8.57. The number of benzene rings is 3. The van der Waals surface area contributed by atoms with Crippen LogP contribution >= 0.6 is 0 Å². The minimum atomic E-state index is -0.278. The molecule has 0 radical (unpaired) electrons. The van der Waals surface area contributed by atoms with E-state index in [2.05, 4.69) is 42.6 Å². The van der Waals surface area contributed by atoms with Gasteiger partial charge in [-0.1, -0.05) is 60.7 Å². The largest absolute Gasteiger partial charge is 0.497 e. The van der Waals surface area contributed by atoms with Crippen molar-refractivity contribution < 1.29 is 14.3 Å². The maximum Gasteiger partial charge on any atom is 0.227 e. The van der Waals surface area contributed by atoms with Gasteiger partial charge in [-0.3, -0.25) is 9.59 Å². The summed E-state index contributed by atoms with van der Waals surface area (Å²) < 4.78 is 5.19. The van der Waals surface area contributed by atoms with E-state index in [4.69, 9.17) is 4.74 Å². The Morgan fingerprint density at radius 3 is 2.58 bits per heavy atom. The average Bonchev–Trinajstić information content (AvgIpc) is 3.01. The van der Waals surface area contributed by atoms with E-state index in [1.54, 1.807) is 7.11 Å². The average molecular weight is 443 g/mol. The molecule has 0 bridgehead atoms. The fourth-order valence-electron chi connectivity index (χ4n) is 4.36. The van der Waals surface area contributed by atoms with E-state index in [9.17, 15) is 9.59 Å². The summed E-state index contributed by atoms with van der Waals surface area (Å²) in [5.74, 6) is 0.537. The lowest BCUT2D eigenvalue weighted by atomic mass is 9.94. The number of rotatable bonds is 6. The number of carbonyl (C=O) groups is 2. The summed E-state index contributed by atoms with van der Waals surface area (Å²) >= 11 is 0. The molecule has 170 valence electrons. The normalized spacial score (nSPS) is 16.1. The minimum absolute atomic E-state index is 0.0102. The highest BCUT2D eigenvalue weighted by Crippen LogP contribution is 2.25. The van der Waals surface area contributed by atoms with Crippen molar-refractivity contribution in [2.75, 3.05) is 26.7 Å². The van der Waals surface area contributed by atoms with Crippen molar-refractivity contribution in [3.63, 3.8) is 0 Å².